The molecular formula is C20H23N7O2. The van der Waals surface area contributed by atoms with Crippen molar-refractivity contribution >= 4 is 23.3 Å². The van der Waals surface area contributed by atoms with Crippen molar-refractivity contribution in [2.45, 2.75) is 19.4 Å². The third-order valence-corrected chi connectivity index (χ3v) is 5.85. The molecule has 2 aliphatic rings. The number of carbonyl (C=O) groups is 2. The van der Waals surface area contributed by atoms with Crippen molar-refractivity contribution in [2.75, 3.05) is 38.1 Å². The van der Waals surface area contributed by atoms with Crippen LogP contribution in [0.2, 0.25) is 0 Å². The van der Waals surface area contributed by atoms with Gasteiger partial charge in [-0.05, 0) is 25.5 Å². The largest absolute Gasteiger partial charge is 0.335 e. The summed E-state index contributed by atoms with van der Waals surface area (Å²) in [6, 6.07) is 5.82. The molecule has 1 unspecified atom stereocenters. The van der Waals surface area contributed by atoms with Crippen LogP contribution < -0.4 is 4.90 Å². The number of nitrogens with zero attached hydrogens (tertiary/aromatic N) is 7. The van der Waals surface area contributed by atoms with Gasteiger partial charge < -0.3 is 9.80 Å². The molecular weight excluding hydrogens is 370 g/mol. The number of rotatable bonds is 3. The summed E-state index contributed by atoms with van der Waals surface area (Å²) < 4.78 is 3.74. The number of pyridine rings is 1. The van der Waals surface area contributed by atoms with E-state index in [9.17, 15) is 9.59 Å². The summed E-state index contributed by atoms with van der Waals surface area (Å²) in [7, 11) is 1.80. The van der Waals surface area contributed by atoms with E-state index >= 15 is 0 Å². The van der Waals surface area contributed by atoms with Gasteiger partial charge in [0.15, 0.2) is 0 Å². The Morgan fingerprint density at radius 1 is 1.21 bits per heavy atom. The average Bonchev–Trinajstić information content (AvgIpc) is 3.48. The van der Waals surface area contributed by atoms with Crippen molar-refractivity contribution in [3.63, 3.8) is 0 Å². The van der Waals surface area contributed by atoms with Crippen molar-refractivity contribution < 1.29 is 9.59 Å². The zero-order valence-electron chi connectivity index (χ0n) is 16.5. The number of urea groups is 1. The Hall–Kier alpha value is -3.36. The number of fused-ring (bicyclic) bond motifs is 1. The van der Waals surface area contributed by atoms with Crippen LogP contribution in [0.3, 0.4) is 0 Å². The van der Waals surface area contributed by atoms with Crippen molar-refractivity contribution in [2.24, 2.45) is 0 Å². The molecule has 9 nitrogen and oxygen atoms in total. The molecule has 29 heavy (non-hydrogen) atoms. The summed E-state index contributed by atoms with van der Waals surface area (Å²) in [6.45, 7) is 4.52. The Balaban J connectivity index is 1.33. The van der Waals surface area contributed by atoms with Gasteiger partial charge in [-0.25, -0.2) is 9.78 Å². The van der Waals surface area contributed by atoms with E-state index in [0.717, 1.165) is 23.4 Å². The van der Waals surface area contributed by atoms with Crippen molar-refractivity contribution in [3.8, 4) is 0 Å². The third-order valence-electron chi connectivity index (χ3n) is 5.85. The standard InChI is InChI=1S/C20H23N7O2/c1-14-18(26-7-4-3-5-17(26)22-14)19(28)24-8-6-15(12-24)27-13-16(11-21-27)25-10-9-23(2)20(25)29/h3-5,7,11,13,15H,6,8-10,12H2,1-2H3. The summed E-state index contributed by atoms with van der Waals surface area (Å²) in [6.07, 6.45) is 6.35. The highest BCUT2D eigenvalue weighted by Crippen LogP contribution is 2.27. The van der Waals surface area contributed by atoms with Crippen LogP contribution in [-0.2, 0) is 0 Å². The van der Waals surface area contributed by atoms with Crippen molar-refractivity contribution in [1.82, 2.24) is 29.0 Å². The maximum Gasteiger partial charge on any atom is 0.324 e. The second-order valence-corrected chi connectivity index (χ2v) is 7.70. The molecule has 5 rings (SSSR count). The monoisotopic (exact) mass is 393 g/mol. The van der Waals surface area contributed by atoms with E-state index in [1.807, 2.05) is 51.5 Å². The number of hydrogen-bond acceptors (Lipinski definition) is 4. The second kappa shape index (κ2) is 6.61. The van der Waals surface area contributed by atoms with E-state index < -0.39 is 0 Å². The Bertz CT molecular complexity index is 1100. The lowest BCUT2D eigenvalue weighted by Gasteiger charge is -2.17. The molecule has 5 heterocycles. The molecule has 0 aromatic carbocycles. The Kier molecular flexibility index (Phi) is 4.04. The van der Waals surface area contributed by atoms with E-state index in [4.69, 9.17) is 0 Å². The van der Waals surface area contributed by atoms with Gasteiger partial charge in [0.2, 0.25) is 0 Å². The first kappa shape index (κ1) is 17.7. The number of anilines is 1. The molecule has 0 saturated carbocycles. The molecule has 0 aliphatic carbocycles. The molecule has 3 aromatic heterocycles. The Morgan fingerprint density at radius 2 is 2.07 bits per heavy atom. The van der Waals surface area contributed by atoms with Gasteiger partial charge in [0.1, 0.15) is 11.3 Å². The van der Waals surface area contributed by atoms with E-state index in [1.165, 1.54) is 0 Å². The molecule has 150 valence electrons. The molecule has 3 amide bonds. The summed E-state index contributed by atoms with van der Waals surface area (Å²) in [5, 5.41) is 4.48. The summed E-state index contributed by atoms with van der Waals surface area (Å²) >= 11 is 0. The van der Waals surface area contributed by atoms with Gasteiger partial charge in [0.05, 0.1) is 23.6 Å². The van der Waals surface area contributed by atoms with Gasteiger partial charge in [-0.15, -0.1) is 0 Å². The zero-order valence-corrected chi connectivity index (χ0v) is 16.5. The molecule has 0 spiro atoms. The highest BCUT2D eigenvalue weighted by molar-refractivity contribution is 5.95. The molecule has 3 aromatic rings. The normalized spacial score (nSPS) is 19.7. The lowest BCUT2D eigenvalue weighted by molar-refractivity contribution is 0.0779. The van der Waals surface area contributed by atoms with E-state index in [-0.39, 0.29) is 18.0 Å². The van der Waals surface area contributed by atoms with Crippen LogP contribution in [0.5, 0.6) is 0 Å². The second-order valence-electron chi connectivity index (χ2n) is 7.70. The third kappa shape index (κ3) is 2.84. The molecule has 0 radical (unpaired) electrons. The molecule has 0 N–H and O–H groups in total. The highest BCUT2D eigenvalue weighted by Gasteiger charge is 2.32. The van der Waals surface area contributed by atoms with Gasteiger partial charge >= 0.3 is 6.03 Å². The average molecular weight is 393 g/mol. The number of likely N-dealkylation sites (N-methyl/N-ethyl adjacent to an activating group) is 1. The fourth-order valence-corrected chi connectivity index (χ4v) is 4.22. The van der Waals surface area contributed by atoms with Crippen LogP contribution in [-0.4, -0.2) is 74.1 Å². The van der Waals surface area contributed by atoms with Crippen molar-refractivity contribution in [1.29, 1.82) is 0 Å². The number of hydrogen-bond donors (Lipinski definition) is 0. The molecule has 2 saturated heterocycles. The summed E-state index contributed by atoms with van der Waals surface area (Å²) in [4.78, 5) is 35.2. The van der Waals surface area contributed by atoms with Gasteiger partial charge in [0.25, 0.3) is 5.91 Å². The Morgan fingerprint density at radius 3 is 2.86 bits per heavy atom. The molecule has 1 atom stereocenters. The van der Waals surface area contributed by atoms with Crippen LogP contribution in [0.15, 0.2) is 36.8 Å². The maximum absolute atomic E-state index is 13.2. The fourth-order valence-electron chi connectivity index (χ4n) is 4.22. The SMILES string of the molecule is Cc1nc2ccccn2c1C(=O)N1CCC(n2cc(N3CCN(C)C3=O)cn2)C1. The first-order chi connectivity index (χ1) is 14.0. The van der Waals surface area contributed by atoms with Gasteiger partial charge in [0, 0.05) is 45.6 Å². The summed E-state index contributed by atoms with van der Waals surface area (Å²) in [5.41, 5.74) is 2.94. The highest BCUT2D eigenvalue weighted by atomic mass is 16.2. The first-order valence-electron chi connectivity index (χ1n) is 9.82. The molecule has 9 heteroatoms. The van der Waals surface area contributed by atoms with Gasteiger partial charge in [-0.2, -0.15) is 5.10 Å². The first-order valence-corrected chi connectivity index (χ1v) is 9.82. The van der Waals surface area contributed by atoms with Crippen LogP contribution in [0.25, 0.3) is 5.65 Å². The topological polar surface area (TPSA) is 79.0 Å². The van der Waals surface area contributed by atoms with E-state index in [0.29, 0.717) is 31.9 Å². The van der Waals surface area contributed by atoms with Crippen LogP contribution in [0.1, 0.15) is 28.6 Å². The number of aromatic nitrogens is 4. The quantitative estimate of drug-likeness (QED) is 0.680. The summed E-state index contributed by atoms with van der Waals surface area (Å²) in [5.74, 6) is -0.00701. The number of imidazole rings is 1. The van der Waals surface area contributed by atoms with Crippen LogP contribution in [0, 0.1) is 6.92 Å². The minimum absolute atomic E-state index is 0.00383. The maximum atomic E-state index is 13.2. The predicted octanol–water partition coefficient (Wildman–Crippen LogP) is 1.80. The molecule has 2 aliphatic heterocycles. The zero-order chi connectivity index (χ0) is 20.1. The minimum atomic E-state index is -0.00701. The number of amides is 3. The molecule has 0 bridgehead atoms. The molecule has 2 fully saturated rings. The predicted molar refractivity (Wildman–Crippen MR) is 107 cm³/mol. The fraction of sp³-hybridized carbons (Fsp3) is 0.400. The lowest BCUT2D eigenvalue weighted by atomic mass is 10.3. The number of aryl methyl sites for hydroxylation is 1. The lowest BCUT2D eigenvalue weighted by Crippen LogP contribution is -2.30. The smallest absolute Gasteiger partial charge is 0.324 e. The van der Waals surface area contributed by atoms with Gasteiger partial charge in [-0.1, -0.05) is 6.07 Å². The van der Waals surface area contributed by atoms with E-state index in [2.05, 4.69) is 10.1 Å². The number of likely N-dealkylation sites (tertiary alicyclic amines) is 1. The Labute approximate surface area is 168 Å². The van der Waals surface area contributed by atoms with E-state index in [1.54, 1.807) is 23.0 Å². The van der Waals surface area contributed by atoms with Crippen molar-refractivity contribution in [3.05, 3.63) is 48.2 Å². The number of carbonyl (C=O) groups excluding carboxylic acids is 2. The van der Waals surface area contributed by atoms with Crippen LogP contribution >= 0.6 is 0 Å². The van der Waals surface area contributed by atoms with Gasteiger partial charge in [-0.3, -0.25) is 18.8 Å². The van der Waals surface area contributed by atoms with Crippen LogP contribution in [0.4, 0.5) is 10.5 Å². The minimum Gasteiger partial charge on any atom is -0.335 e.